The number of likely N-dealkylation sites (tertiary alicyclic amines) is 1. The Balaban J connectivity index is 1.19. The van der Waals surface area contributed by atoms with Crippen LogP contribution in [-0.4, -0.2) is 46.5 Å². The number of ether oxygens (including phenoxy) is 1. The van der Waals surface area contributed by atoms with Crippen molar-refractivity contribution in [2.24, 2.45) is 7.05 Å². The average Bonchev–Trinajstić information content (AvgIpc) is 3.39. The highest BCUT2D eigenvalue weighted by Gasteiger charge is 2.27. The van der Waals surface area contributed by atoms with E-state index in [4.69, 9.17) is 9.15 Å². The second kappa shape index (κ2) is 10.4. The molecule has 0 radical (unpaired) electrons. The van der Waals surface area contributed by atoms with Crippen LogP contribution in [0, 0.1) is 0 Å². The maximum Gasteiger partial charge on any atom is 0.259 e. The molecule has 36 heavy (non-hydrogen) atoms. The Labute approximate surface area is 210 Å². The molecule has 3 heterocycles. The normalized spacial score (nSPS) is 14.5. The topological polar surface area (TPSA) is 67.9 Å². The third-order valence-corrected chi connectivity index (χ3v) is 6.74. The predicted octanol–water partition coefficient (Wildman–Crippen LogP) is 4.45. The fourth-order valence-corrected chi connectivity index (χ4v) is 4.91. The van der Waals surface area contributed by atoms with Gasteiger partial charge in [0.25, 0.3) is 5.91 Å². The number of amides is 1. The number of rotatable bonds is 7. The first kappa shape index (κ1) is 23.9. The summed E-state index contributed by atoms with van der Waals surface area (Å²) in [7, 11) is 3.94. The Kier molecular flexibility index (Phi) is 6.91. The summed E-state index contributed by atoms with van der Waals surface area (Å²) in [6, 6.07) is 17.5. The van der Waals surface area contributed by atoms with Crippen LogP contribution in [0.4, 0.5) is 0 Å². The summed E-state index contributed by atoms with van der Waals surface area (Å²) in [6.07, 6.45) is 6.61. The Morgan fingerprint density at radius 2 is 1.83 bits per heavy atom. The maximum atomic E-state index is 13.2. The zero-order valence-electron chi connectivity index (χ0n) is 20.7. The zero-order chi connectivity index (χ0) is 25.1. The van der Waals surface area contributed by atoms with Crippen LogP contribution >= 0.6 is 0 Å². The minimum atomic E-state index is -0.207. The summed E-state index contributed by atoms with van der Waals surface area (Å²) in [4.78, 5) is 30.2. The number of carbonyl (C=O) groups excluding carboxylic acids is 1. The van der Waals surface area contributed by atoms with Gasteiger partial charge in [-0.3, -0.25) is 14.5 Å². The number of pyridine rings is 1. The van der Waals surface area contributed by atoms with Crippen molar-refractivity contribution in [3.8, 4) is 5.75 Å². The number of aromatic nitrogens is 1. The van der Waals surface area contributed by atoms with E-state index >= 15 is 0 Å². The lowest BCUT2D eigenvalue weighted by atomic mass is 10.1. The number of carbonyl (C=O) groups is 1. The highest BCUT2D eigenvalue weighted by atomic mass is 16.5. The molecule has 4 aromatic rings. The third kappa shape index (κ3) is 5.21. The van der Waals surface area contributed by atoms with Gasteiger partial charge in [0, 0.05) is 63.2 Å². The second-order valence-corrected chi connectivity index (χ2v) is 9.56. The van der Waals surface area contributed by atoms with Gasteiger partial charge in [-0.05, 0) is 42.9 Å². The molecule has 1 aliphatic heterocycles. The first-order chi connectivity index (χ1) is 17.5. The lowest BCUT2D eigenvalue weighted by molar-refractivity contribution is 0.0593. The number of benzene rings is 2. The number of furan rings is 1. The van der Waals surface area contributed by atoms with Gasteiger partial charge in [0.2, 0.25) is 5.43 Å². The van der Waals surface area contributed by atoms with Crippen molar-refractivity contribution in [1.29, 1.82) is 0 Å². The summed E-state index contributed by atoms with van der Waals surface area (Å²) in [5, 5.41) is 0.569. The van der Waals surface area contributed by atoms with Crippen LogP contribution in [0.1, 0.15) is 34.3 Å². The van der Waals surface area contributed by atoms with E-state index in [0.717, 1.165) is 42.8 Å². The van der Waals surface area contributed by atoms with Crippen molar-refractivity contribution in [1.82, 2.24) is 14.4 Å². The molecule has 2 aromatic carbocycles. The Hall–Kier alpha value is -3.84. The highest BCUT2D eigenvalue weighted by molar-refractivity contribution is 5.97. The first-order valence-electron chi connectivity index (χ1n) is 12.3. The highest BCUT2D eigenvalue weighted by Crippen LogP contribution is 2.22. The number of nitrogens with zero attached hydrogens (tertiary/aromatic N) is 3. The smallest absolute Gasteiger partial charge is 0.259 e. The van der Waals surface area contributed by atoms with Gasteiger partial charge >= 0.3 is 0 Å². The van der Waals surface area contributed by atoms with Gasteiger partial charge in [-0.15, -0.1) is 0 Å². The second-order valence-electron chi connectivity index (χ2n) is 9.56. The van der Waals surface area contributed by atoms with Crippen LogP contribution in [0.3, 0.4) is 0 Å². The fourth-order valence-electron chi connectivity index (χ4n) is 4.91. The molecule has 1 fully saturated rings. The molecule has 0 atom stereocenters. The van der Waals surface area contributed by atoms with Gasteiger partial charge in [-0.2, -0.15) is 0 Å². The Bertz CT molecular complexity index is 1400. The lowest BCUT2D eigenvalue weighted by Crippen LogP contribution is -2.43. The lowest BCUT2D eigenvalue weighted by Gasteiger charge is -2.32. The SMILES string of the molecule is CN(Cc1ccoc1)Cc1cccc(OC2CCN(C(=O)c3cn(C)c4ccccc4c3=O)CC2)c1. The van der Waals surface area contributed by atoms with Gasteiger partial charge in [-0.25, -0.2) is 0 Å². The van der Waals surface area contributed by atoms with Crippen LogP contribution in [0.2, 0.25) is 0 Å². The molecule has 0 bridgehead atoms. The quantitative estimate of drug-likeness (QED) is 0.387. The monoisotopic (exact) mass is 485 g/mol. The van der Waals surface area contributed by atoms with E-state index < -0.39 is 0 Å². The van der Waals surface area contributed by atoms with E-state index in [2.05, 4.69) is 24.1 Å². The molecule has 7 heteroatoms. The van der Waals surface area contributed by atoms with E-state index in [1.54, 1.807) is 29.7 Å². The number of hydrogen-bond acceptors (Lipinski definition) is 5. The van der Waals surface area contributed by atoms with Gasteiger partial charge < -0.3 is 18.6 Å². The molecule has 0 unspecified atom stereocenters. The summed E-state index contributed by atoms with van der Waals surface area (Å²) in [5.74, 6) is 0.639. The van der Waals surface area contributed by atoms with E-state index in [1.807, 2.05) is 48.0 Å². The van der Waals surface area contributed by atoms with Crippen LogP contribution < -0.4 is 10.2 Å². The molecule has 1 amide bonds. The van der Waals surface area contributed by atoms with Crippen molar-refractivity contribution in [3.63, 3.8) is 0 Å². The third-order valence-electron chi connectivity index (χ3n) is 6.74. The van der Waals surface area contributed by atoms with E-state index in [-0.39, 0.29) is 23.0 Å². The van der Waals surface area contributed by atoms with Gasteiger partial charge in [0.1, 0.15) is 17.4 Å². The van der Waals surface area contributed by atoms with Crippen LogP contribution in [0.5, 0.6) is 5.75 Å². The molecule has 2 aromatic heterocycles. The van der Waals surface area contributed by atoms with E-state index in [9.17, 15) is 9.59 Å². The molecule has 7 nitrogen and oxygen atoms in total. The number of hydrogen-bond donors (Lipinski definition) is 0. The van der Waals surface area contributed by atoms with Gasteiger partial charge in [0.05, 0.1) is 18.0 Å². The number of piperidine rings is 1. The predicted molar refractivity (Wildman–Crippen MR) is 139 cm³/mol. The molecular weight excluding hydrogens is 454 g/mol. The minimum absolute atomic E-state index is 0.0346. The summed E-state index contributed by atoms with van der Waals surface area (Å²) in [6.45, 7) is 2.74. The molecule has 1 saturated heterocycles. The largest absolute Gasteiger partial charge is 0.490 e. The maximum absolute atomic E-state index is 13.2. The molecule has 186 valence electrons. The standard InChI is InChI=1S/C29H31N3O4/c1-30(18-22-12-15-35-20-22)17-21-6-5-7-24(16-21)36-23-10-13-32(14-11-23)29(34)26-19-31(2)27-9-4-3-8-25(27)28(26)33/h3-9,12,15-16,19-20,23H,10-11,13-14,17-18H2,1-2H3. The van der Waals surface area contributed by atoms with E-state index in [0.29, 0.717) is 18.5 Å². The minimum Gasteiger partial charge on any atom is -0.490 e. The first-order valence-corrected chi connectivity index (χ1v) is 12.3. The van der Waals surface area contributed by atoms with Crippen molar-refractivity contribution < 1.29 is 13.9 Å². The summed E-state index contributed by atoms with van der Waals surface area (Å²) < 4.78 is 13.3. The van der Waals surface area contributed by atoms with Crippen LogP contribution in [0.15, 0.2) is 82.5 Å². The molecule has 0 N–H and O–H groups in total. The number of para-hydroxylation sites is 1. The van der Waals surface area contributed by atoms with Crippen LogP contribution in [0.25, 0.3) is 10.9 Å². The molecule has 0 spiro atoms. The summed E-state index contributed by atoms with van der Waals surface area (Å²) in [5.41, 5.74) is 3.16. The van der Waals surface area contributed by atoms with Crippen molar-refractivity contribution >= 4 is 16.8 Å². The molecular formula is C29H31N3O4. The molecule has 1 aliphatic rings. The molecule has 0 aliphatic carbocycles. The number of fused-ring (bicyclic) bond motifs is 1. The Morgan fingerprint density at radius 3 is 2.61 bits per heavy atom. The summed E-state index contributed by atoms with van der Waals surface area (Å²) >= 11 is 0. The molecule has 5 rings (SSSR count). The molecule has 0 saturated carbocycles. The number of aryl methyl sites for hydroxylation is 1. The van der Waals surface area contributed by atoms with E-state index in [1.165, 1.54) is 5.56 Å². The Morgan fingerprint density at radius 1 is 1.06 bits per heavy atom. The average molecular weight is 486 g/mol. The van der Waals surface area contributed by atoms with Gasteiger partial charge in [0.15, 0.2) is 0 Å². The van der Waals surface area contributed by atoms with Crippen molar-refractivity contribution in [3.05, 3.63) is 100 Å². The van der Waals surface area contributed by atoms with Crippen molar-refractivity contribution in [2.75, 3.05) is 20.1 Å². The fraction of sp³-hybridized carbons (Fsp3) is 0.310. The van der Waals surface area contributed by atoms with Crippen molar-refractivity contribution in [2.45, 2.75) is 32.0 Å². The van der Waals surface area contributed by atoms with Gasteiger partial charge in [-0.1, -0.05) is 24.3 Å². The zero-order valence-corrected chi connectivity index (χ0v) is 20.7. The van der Waals surface area contributed by atoms with Crippen LogP contribution in [-0.2, 0) is 20.1 Å².